The van der Waals surface area contributed by atoms with Crippen LogP contribution in [0.15, 0.2) is 36.4 Å². The van der Waals surface area contributed by atoms with Gasteiger partial charge in [-0.3, -0.25) is 9.69 Å². The highest BCUT2D eigenvalue weighted by molar-refractivity contribution is 5.94. The molecule has 1 amide bonds. The number of carbonyl (C=O) groups is 1. The highest BCUT2D eigenvalue weighted by Crippen LogP contribution is 2.25. The van der Waals surface area contributed by atoms with E-state index in [1.807, 2.05) is 26.0 Å². The normalized spacial score (nSPS) is 15.8. The average Bonchev–Trinajstić information content (AvgIpc) is 2.60. The van der Waals surface area contributed by atoms with Gasteiger partial charge in [-0.05, 0) is 75.5 Å². The van der Waals surface area contributed by atoms with Crippen LogP contribution >= 0.6 is 0 Å². The van der Waals surface area contributed by atoms with Gasteiger partial charge in [-0.2, -0.15) is 0 Å². The van der Waals surface area contributed by atoms with Crippen molar-refractivity contribution in [3.8, 4) is 0 Å². The van der Waals surface area contributed by atoms with Gasteiger partial charge in [0.15, 0.2) is 0 Å². The fraction of sp³-hybridized carbons (Fsp3) is 0.409. The second kappa shape index (κ2) is 8.00. The van der Waals surface area contributed by atoms with Crippen molar-refractivity contribution in [2.75, 3.05) is 18.4 Å². The number of nitrogens with zero attached hydrogens (tertiary/aromatic N) is 1. The highest BCUT2D eigenvalue weighted by atomic mass is 19.1. The van der Waals surface area contributed by atoms with E-state index in [1.165, 1.54) is 17.7 Å². The van der Waals surface area contributed by atoms with E-state index in [4.69, 9.17) is 0 Å². The van der Waals surface area contributed by atoms with Crippen molar-refractivity contribution in [3.05, 3.63) is 64.5 Å². The van der Waals surface area contributed by atoms with E-state index in [0.29, 0.717) is 0 Å². The molecule has 26 heavy (non-hydrogen) atoms. The van der Waals surface area contributed by atoms with Crippen LogP contribution in [0.5, 0.6) is 0 Å². The molecule has 0 spiro atoms. The molecule has 0 saturated carbocycles. The number of amides is 1. The predicted molar refractivity (Wildman–Crippen MR) is 104 cm³/mol. The molecule has 1 saturated heterocycles. The van der Waals surface area contributed by atoms with Crippen molar-refractivity contribution < 1.29 is 9.18 Å². The Morgan fingerprint density at radius 3 is 2.23 bits per heavy atom. The Bertz CT molecular complexity index is 754. The summed E-state index contributed by atoms with van der Waals surface area (Å²) in [5.41, 5.74) is 5.51. The number of rotatable bonds is 4. The van der Waals surface area contributed by atoms with Gasteiger partial charge in [0.25, 0.3) is 0 Å². The molecule has 0 radical (unpaired) electrons. The lowest BCUT2D eigenvalue weighted by molar-refractivity contribution is -0.121. The summed E-state index contributed by atoms with van der Waals surface area (Å²) < 4.78 is 13.0. The van der Waals surface area contributed by atoms with Gasteiger partial charge in [0.2, 0.25) is 5.91 Å². The zero-order valence-electron chi connectivity index (χ0n) is 15.8. The van der Waals surface area contributed by atoms with E-state index >= 15 is 0 Å². The van der Waals surface area contributed by atoms with Gasteiger partial charge in [-0.25, -0.2) is 4.39 Å². The molecule has 138 valence electrons. The number of carbonyl (C=O) groups excluding carboxylic acids is 1. The maximum Gasteiger partial charge on any atom is 0.227 e. The monoisotopic (exact) mass is 354 g/mol. The fourth-order valence-electron chi connectivity index (χ4n) is 3.80. The van der Waals surface area contributed by atoms with Crippen LogP contribution in [0.2, 0.25) is 0 Å². The summed E-state index contributed by atoms with van der Waals surface area (Å²) in [6, 6.07) is 10.9. The molecule has 0 unspecified atom stereocenters. The third-order valence-corrected chi connectivity index (χ3v) is 5.20. The highest BCUT2D eigenvalue weighted by Gasteiger charge is 2.25. The minimum atomic E-state index is -0.203. The Labute approximate surface area is 155 Å². The van der Waals surface area contributed by atoms with Gasteiger partial charge >= 0.3 is 0 Å². The van der Waals surface area contributed by atoms with Crippen LogP contribution in [0.1, 0.15) is 35.1 Å². The van der Waals surface area contributed by atoms with Crippen LogP contribution in [0, 0.1) is 32.5 Å². The lowest BCUT2D eigenvalue weighted by Gasteiger charge is -2.31. The molecule has 1 N–H and O–H groups in total. The number of anilines is 1. The summed E-state index contributed by atoms with van der Waals surface area (Å²) in [6.45, 7) is 8.75. The molecular weight excluding hydrogens is 327 g/mol. The first kappa shape index (κ1) is 18.6. The van der Waals surface area contributed by atoms with Crippen molar-refractivity contribution in [3.63, 3.8) is 0 Å². The smallest absolute Gasteiger partial charge is 0.227 e. The molecular formula is C22H27FN2O. The van der Waals surface area contributed by atoms with E-state index in [2.05, 4.69) is 29.3 Å². The molecule has 3 rings (SSSR count). The van der Waals surface area contributed by atoms with E-state index in [-0.39, 0.29) is 17.6 Å². The molecule has 4 heteroatoms. The van der Waals surface area contributed by atoms with Crippen LogP contribution in [-0.4, -0.2) is 23.9 Å². The van der Waals surface area contributed by atoms with Crippen molar-refractivity contribution >= 4 is 11.6 Å². The van der Waals surface area contributed by atoms with Crippen LogP contribution in [0.25, 0.3) is 0 Å². The van der Waals surface area contributed by atoms with Crippen molar-refractivity contribution in [1.82, 2.24) is 4.90 Å². The average molecular weight is 354 g/mol. The molecule has 1 heterocycles. The standard InChI is InChI=1S/C22H27FN2O/c1-15-12-16(2)21(17(3)13-15)24-22(26)19-8-10-25(11-9-19)14-18-4-6-20(23)7-5-18/h4-7,12-13,19H,8-11,14H2,1-3H3,(H,24,26). The van der Waals surface area contributed by atoms with Gasteiger partial charge in [-0.1, -0.05) is 29.8 Å². The molecule has 1 fully saturated rings. The molecule has 0 bridgehead atoms. The molecule has 2 aromatic rings. The lowest BCUT2D eigenvalue weighted by Crippen LogP contribution is -2.37. The zero-order valence-corrected chi connectivity index (χ0v) is 15.8. The Morgan fingerprint density at radius 2 is 1.65 bits per heavy atom. The van der Waals surface area contributed by atoms with Gasteiger partial charge in [0.05, 0.1) is 0 Å². The first-order valence-electron chi connectivity index (χ1n) is 9.28. The Morgan fingerprint density at radius 1 is 1.08 bits per heavy atom. The summed E-state index contributed by atoms with van der Waals surface area (Å²) in [5.74, 6) is -0.0214. The summed E-state index contributed by atoms with van der Waals surface area (Å²) in [6.07, 6.45) is 1.72. The second-order valence-corrected chi connectivity index (χ2v) is 7.44. The number of nitrogens with one attached hydrogen (secondary N) is 1. The third kappa shape index (κ3) is 4.50. The van der Waals surface area contributed by atoms with Gasteiger partial charge in [-0.15, -0.1) is 0 Å². The third-order valence-electron chi connectivity index (χ3n) is 5.20. The maximum absolute atomic E-state index is 13.0. The minimum Gasteiger partial charge on any atom is -0.325 e. The molecule has 1 aliphatic rings. The van der Waals surface area contributed by atoms with Crippen molar-refractivity contribution in [2.45, 2.75) is 40.2 Å². The Kier molecular flexibility index (Phi) is 5.72. The lowest BCUT2D eigenvalue weighted by atomic mass is 9.95. The molecule has 2 aromatic carbocycles. The number of piperidine rings is 1. The first-order chi connectivity index (χ1) is 12.4. The molecule has 0 aromatic heterocycles. The number of hydrogen-bond donors (Lipinski definition) is 1. The second-order valence-electron chi connectivity index (χ2n) is 7.44. The molecule has 0 aliphatic carbocycles. The number of likely N-dealkylation sites (tertiary alicyclic amines) is 1. The number of benzene rings is 2. The van der Waals surface area contributed by atoms with Gasteiger partial charge in [0.1, 0.15) is 5.82 Å². The Balaban J connectivity index is 1.54. The van der Waals surface area contributed by atoms with Crippen LogP contribution in [0.3, 0.4) is 0 Å². The van der Waals surface area contributed by atoms with Crippen LogP contribution in [0.4, 0.5) is 10.1 Å². The summed E-state index contributed by atoms with van der Waals surface area (Å²) in [7, 11) is 0. The quantitative estimate of drug-likeness (QED) is 0.870. The van der Waals surface area contributed by atoms with Gasteiger partial charge in [0, 0.05) is 18.2 Å². The maximum atomic E-state index is 13.0. The molecule has 0 atom stereocenters. The molecule has 1 aliphatic heterocycles. The topological polar surface area (TPSA) is 32.3 Å². The fourth-order valence-corrected chi connectivity index (χ4v) is 3.80. The first-order valence-corrected chi connectivity index (χ1v) is 9.28. The summed E-state index contributed by atoms with van der Waals surface area (Å²) >= 11 is 0. The largest absolute Gasteiger partial charge is 0.325 e. The number of hydrogen-bond acceptors (Lipinski definition) is 2. The number of aryl methyl sites for hydroxylation is 3. The zero-order chi connectivity index (χ0) is 18.7. The Hall–Kier alpha value is -2.20. The summed E-state index contributed by atoms with van der Waals surface area (Å²) in [5, 5.41) is 3.15. The van der Waals surface area contributed by atoms with Gasteiger partial charge < -0.3 is 5.32 Å². The van der Waals surface area contributed by atoms with E-state index < -0.39 is 0 Å². The van der Waals surface area contributed by atoms with Crippen LogP contribution < -0.4 is 5.32 Å². The minimum absolute atomic E-state index is 0.0552. The van der Waals surface area contributed by atoms with Crippen molar-refractivity contribution in [2.24, 2.45) is 5.92 Å². The van der Waals surface area contributed by atoms with E-state index in [9.17, 15) is 9.18 Å². The summed E-state index contributed by atoms with van der Waals surface area (Å²) in [4.78, 5) is 15.0. The number of halogens is 1. The van der Waals surface area contributed by atoms with Crippen molar-refractivity contribution in [1.29, 1.82) is 0 Å². The van der Waals surface area contributed by atoms with Crippen LogP contribution in [-0.2, 0) is 11.3 Å². The van der Waals surface area contributed by atoms with E-state index in [0.717, 1.165) is 54.9 Å². The predicted octanol–water partition coefficient (Wildman–Crippen LogP) is 4.60. The molecule has 3 nitrogen and oxygen atoms in total. The SMILES string of the molecule is Cc1cc(C)c(NC(=O)C2CCN(Cc3ccc(F)cc3)CC2)c(C)c1. The van der Waals surface area contributed by atoms with E-state index in [1.54, 1.807) is 0 Å².